The Balaban J connectivity index is 1.45. The number of pyridine rings is 1. The second-order valence-electron chi connectivity index (χ2n) is 7.14. The van der Waals surface area contributed by atoms with E-state index in [9.17, 15) is 4.79 Å². The third-order valence-corrected chi connectivity index (χ3v) is 5.33. The monoisotopic (exact) mass is 384 g/mol. The lowest BCUT2D eigenvalue weighted by atomic mass is 10.00. The van der Waals surface area contributed by atoms with Gasteiger partial charge in [-0.05, 0) is 36.4 Å². The number of hydrogen-bond donors (Lipinski definition) is 1. The SMILES string of the molecule is Cn1c(-c2cccnc2)nc2cc(C(=O)N[C@H]3CCOc4ccccc43)ccc21. The van der Waals surface area contributed by atoms with Crippen molar-refractivity contribution in [2.24, 2.45) is 7.05 Å². The Hall–Kier alpha value is -3.67. The predicted octanol–water partition coefficient (Wildman–Crippen LogP) is 3.89. The van der Waals surface area contributed by atoms with Gasteiger partial charge in [-0.15, -0.1) is 0 Å². The van der Waals surface area contributed by atoms with Crippen LogP contribution in [0.3, 0.4) is 0 Å². The van der Waals surface area contributed by atoms with Crippen LogP contribution in [0.1, 0.15) is 28.4 Å². The van der Waals surface area contributed by atoms with Crippen molar-refractivity contribution in [1.29, 1.82) is 0 Å². The third kappa shape index (κ3) is 3.12. The number of para-hydroxylation sites is 1. The Labute approximate surface area is 168 Å². The largest absolute Gasteiger partial charge is 0.493 e. The molecule has 0 saturated carbocycles. The molecule has 5 rings (SSSR count). The van der Waals surface area contributed by atoms with Crippen LogP contribution in [0.2, 0.25) is 0 Å². The van der Waals surface area contributed by atoms with Crippen LogP contribution in [0.25, 0.3) is 22.4 Å². The van der Waals surface area contributed by atoms with Crippen molar-refractivity contribution >= 4 is 16.9 Å². The molecule has 144 valence electrons. The van der Waals surface area contributed by atoms with E-state index in [-0.39, 0.29) is 11.9 Å². The molecule has 6 heteroatoms. The van der Waals surface area contributed by atoms with E-state index in [1.807, 2.05) is 66.2 Å². The van der Waals surface area contributed by atoms with Crippen LogP contribution >= 0.6 is 0 Å². The highest BCUT2D eigenvalue weighted by Gasteiger charge is 2.23. The van der Waals surface area contributed by atoms with Gasteiger partial charge in [0.2, 0.25) is 0 Å². The topological polar surface area (TPSA) is 69.0 Å². The zero-order valence-corrected chi connectivity index (χ0v) is 16.0. The molecule has 0 spiro atoms. The number of aromatic nitrogens is 3. The minimum atomic E-state index is -0.109. The molecular weight excluding hydrogens is 364 g/mol. The second kappa shape index (κ2) is 7.05. The summed E-state index contributed by atoms with van der Waals surface area (Å²) in [4.78, 5) is 21.8. The fraction of sp³-hybridized carbons (Fsp3) is 0.174. The van der Waals surface area contributed by atoms with Gasteiger partial charge >= 0.3 is 0 Å². The lowest BCUT2D eigenvalue weighted by molar-refractivity contribution is 0.0925. The minimum absolute atomic E-state index is 0.0576. The van der Waals surface area contributed by atoms with E-state index >= 15 is 0 Å². The van der Waals surface area contributed by atoms with Crippen molar-refractivity contribution in [3.63, 3.8) is 0 Å². The predicted molar refractivity (Wildman–Crippen MR) is 111 cm³/mol. The molecule has 0 fully saturated rings. The minimum Gasteiger partial charge on any atom is -0.493 e. The molecule has 2 aromatic heterocycles. The van der Waals surface area contributed by atoms with Crippen LogP contribution in [-0.2, 0) is 7.05 Å². The first-order chi connectivity index (χ1) is 14.2. The van der Waals surface area contributed by atoms with E-state index in [2.05, 4.69) is 10.3 Å². The molecule has 0 saturated heterocycles. The van der Waals surface area contributed by atoms with Gasteiger partial charge in [0.1, 0.15) is 11.6 Å². The molecule has 0 unspecified atom stereocenters. The van der Waals surface area contributed by atoms with Crippen molar-refractivity contribution in [3.05, 3.63) is 78.1 Å². The zero-order valence-electron chi connectivity index (χ0n) is 16.0. The fourth-order valence-corrected chi connectivity index (χ4v) is 3.83. The van der Waals surface area contributed by atoms with Gasteiger partial charge in [0.05, 0.1) is 23.7 Å². The molecule has 0 aliphatic carbocycles. The molecule has 2 aromatic carbocycles. The number of aryl methyl sites for hydroxylation is 1. The van der Waals surface area contributed by atoms with E-state index in [0.29, 0.717) is 12.2 Å². The van der Waals surface area contributed by atoms with Crippen molar-refractivity contribution < 1.29 is 9.53 Å². The van der Waals surface area contributed by atoms with E-state index < -0.39 is 0 Å². The van der Waals surface area contributed by atoms with Crippen molar-refractivity contribution in [2.75, 3.05) is 6.61 Å². The molecule has 3 heterocycles. The third-order valence-electron chi connectivity index (χ3n) is 5.33. The quantitative estimate of drug-likeness (QED) is 0.582. The summed E-state index contributed by atoms with van der Waals surface area (Å²) in [5.74, 6) is 1.55. The summed E-state index contributed by atoms with van der Waals surface area (Å²) < 4.78 is 7.70. The molecule has 0 radical (unpaired) electrons. The van der Waals surface area contributed by atoms with Gasteiger partial charge in [-0.2, -0.15) is 0 Å². The summed E-state index contributed by atoms with van der Waals surface area (Å²) in [5.41, 5.74) is 4.31. The maximum absolute atomic E-state index is 12.9. The van der Waals surface area contributed by atoms with Crippen molar-refractivity contribution in [2.45, 2.75) is 12.5 Å². The summed E-state index contributed by atoms with van der Waals surface area (Å²) in [6.45, 7) is 0.593. The Bertz CT molecular complexity index is 1200. The molecule has 1 aliphatic rings. The van der Waals surface area contributed by atoms with Crippen molar-refractivity contribution in [3.8, 4) is 17.1 Å². The smallest absolute Gasteiger partial charge is 0.251 e. The second-order valence-corrected chi connectivity index (χ2v) is 7.14. The number of carbonyl (C=O) groups excluding carboxylic acids is 1. The number of amides is 1. The number of rotatable bonds is 3. The van der Waals surface area contributed by atoms with Crippen LogP contribution < -0.4 is 10.1 Å². The van der Waals surface area contributed by atoms with E-state index in [1.165, 1.54) is 0 Å². The van der Waals surface area contributed by atoms with Gasteiger partial charge in [-0.1, -0.05) is 18.2 Å². The number of carbonyl (C=O) groups is 1. The number of nitrogens with zero attached hydrogens (tertiary/aromatic N) is 3. The molecule has 1 aliphatic heterocycles. The van der Waals surface area contributed by atoms with Gasteiger partial charge in [0.25, 0.3) is 5.91 Å². The standard InChI is InChI=1S/C23H20N4O2/c1-27-20-9-8-15(13-19(20)25-22(27)16-5-4-11-24-14-16)23(28)26-18-10-12-29-21-7-3-2-6-17(18)21/h2-9,11,13-14,18H,10,12H2,1H3,(H,26,28)/t18-/m0/s1. The van der Waals surface area contributed by atoms with Gasteiger partial charge in [-0.25, -0.2) is 4.98 Å². The number of imidazole rings is 1. The number of ether oxygens (including phenoxy) is 1. The summed E-state index contributed by atoms with van der Waals surface area (Å²) in [5, 5.41) is 3.15. The maximum Gasteiger partial charge on any atom is 0.251 e. The Kier molecular flexibility index (Phi) is 4.24. The van der Waals surface area contributed by atoms with E-state index in [4.69, 9.17) is 9.72 Å². The lowest BCUT2D eigenvalue weighted by Crippen LogP contribution is -2.32. The fourth-order valence-electron chi connectivity index (χ4n) is 3.83. The summed E-state index contributed by atoms with van der Waals surface area (Å²) >= 11 is 0. The highest BCUT2D eigenvalue weighted by atomic mass is 16.5. The van der Waals surface area contributed by atoms with Crippen LogP contribution in [0.4, 0.5) is 0 Å². The molecule has 29 heavy (non-hydrogen) atoms. The summed E-state index contributed by atoms with van der Waals surface area (Å²) in [7, 11) is 1.97. The highest BCUT2D eigenvalue weighted by molar-refractivity contribution is 5.98. The molecule has 1 atom stereocenters. The van der Waals surface area contributed by atoms with Gasteiger partial charge in [-0.3, -0.25) is 9.78 Å². The Morgan fingerprint density at radius 3 is 2.93 bits per heavy atom. The number of fused-ring (bicyclic) bond motifs is 2. The Morgan fingerprint density at radius 2 is 2.07 bits per heavy atom. The number of benzene rings is 2. The van der Waals surface area contributed by atoms with Crippen LogP contribution in [-0.4, -0.2) is 27.0 Å². The van der Waals surface area contributed by atoms with Gasteiger partial charge < -0.3 is 14.6 Å². The average Bonchev–Trinajstić information content (AvgIpc) is 3.10. The first-order valence-corrected chi connectivity index (χ1v) is 9.60. The van der Waals surface area contributed by atoms with Gasteiger partial charge in [0.15, 0.2) is 0 Å². The van der Waals surface area contributed by atoms with Crippen molar-refractivity contribution in [1.82, 2.24) is 19.9 Å². The molecule has 1 N–H and O–H groups in total. The maximum atomic E-state index is 12.9. The highest BCUT2D eigenvalue weighted by Crippen LogP contribution is 2.32. The number of hydrogen-bond acceptors (Lipinski definition) is 4. The first kappa shape index (κ1) is 17.4. The molecule has 4 aromatic rings. The summed E-state index contributed by atoms with van der Waals surface area (Å²) in [6.07, 6.45) is 4.28. The lowest BCUT2D eigenvalue weighted by Gasteiger charge is -2.26. The van der Waals surface area contributed by atoms with Crippen LogP contribution in [0.5, 0.6) is 5.75 Å². The number of nitrogens with one attached hydrogen (secondary N) is 1. The molecule has 0 bridgehead atoms. The van der Waals surface area contributed by atoms with E-state index in [1.54, 1.807) is 12.4 Å². The first-order valence-electron chi connectivity index (χ1n) is 9.60. The van der Waals surface area contributed by atoms with Crippen LogP contribution in [0.15, 0.2) is 67.0 Å². The zero-order chi connectivity index (χ0) is 19.8. The normalized spacial score (nSPS) is 15.6. The Morgan fingerprint density at radius 1 is 1.17 bits per heavy atom. The van der Waals surface area contributed by atoms with E-state index in [0.717, 1.165) is 40.2 Å². The molecular formula is C23H20N4O2. The summed E-state index contributed by atoms with van der Waals surface area (Å²) in [6, 6.07) is 17.3. The van der Waals surface area contributed by atoms with Crippen LogP contribution in [0, 0.1) is 0 Å². The molecule has 1 amide bonds. The molecule has 6 nitrogen and oxygen atoms in total. The van der Waals surface area contributed by atoms with Gasteiger partial charge in [0, 0.05) is 42.6 Å². The average molecular weight is 384 g/mol.